The summed E-state index contributed by atoms with van der Waals surface area (Å²) in [6.45, 7) is 5.03. The second-order valence-electron chi connectivity index (χ2n) is 8.88. The Morgan fingerprint density at radius 3 is 2.42 bits per heavy atom. The topological polar surface area (TPSA) is 104 Å². The van der Waals surface area contributed by atoms with Gasteiger partial charge in [0, 0.05) is 44.0 Å². The summed E-state index contributed by atoms with van der Waals surface area (Å²) in [5, 5.41) is 0. The maximum absolute atomic E-state index is 13.5. The predicted molar refractivity (Wildman–Crippen MR) is 135 cm³/mol. The minimum Gasteiger partial charge on any atom is -0.465 e. The van der Waals surface area contributed by atoms with Gasteiger partial charge in [0.1, 0.15) is 0 Å². The van der Waals surface area contributed by atoms with Crippen LogP contribution in [0.25, 0.3) is 0 Å². The number of carbonyl (C=O) groups excluding carboxylic acids is 3. The first-order valence-corrected chi connectivity index (χ1v) is 13.6. The van der Waals surface area contributed by atoms with Crippen molar-refractivity contribution in [1.29, 1.82) is 0 Å². The fourth-order valence-corrected chi connectivity index (χ4v) is 6.47. The summed E-state index contributed by atoms with van der Waals surface area (Å²) in [6, 6.07) is 11.5. The molecule has 0 aliphatic carbocycles. The lowest BCUT2D eigenvalue weighted by atomic mass is 9.94. The smallest absolute Gasteiger partial charge is 0.338 e. The molecule has 2 amide bonds. The summed E-state index contributed by atoms with van der Waals surface area (Å²) in [7, 11) is -2.27. The van der Waals surface area contributed by atoms with E-state index in [1.54, 1.807) is 43.0 Å². The normalized spacial score (nSPS) is 17.9. The highest BCUT2D eigenvalue weighted by Gasteiger charge is 2.39. The van der Waals surface area contributed by atoms with Crippen molar-refractivity contribution < 1.29 is 27.5 Å². The van der Waals surface area contributed by atoms with Gasteiger partial charge in [-0.3, -0.25) is 9.59 Å². The van der Waals surface area contributed by atoms with Gasteiger partial charge in [0.2, 0.25) is 21.8 Å². The zero-order valence-electron chi connectivity index (χ0n) is 20.8. The molecule has 36 heavy (non-hydrogen) atoms. The number of sulfonamides is 1. The molecule has 0 radical (unpaired) electrons. The van der Waals surface area contributed by atoms with Gasteiger partial charge in [-0.25, -0.2) is 13.2 Å². The van der Waals surface area contributed by atoms with Crippen molar-refractivity contribution in [3.63, 3.8) is 0 Å². The van der Waals surface area contributed by atoms with E-state index < -0.39 is 21.9 Å². The zero-order chi connectivity index (χ0) is 26.0. The van der Waals surface area contributed by atoms with E-state index in [1.807, 2.05) is 6.07 Å². The number of carbonyl (C=O) groups is 3. The van der Waals surface area contributed by atoms with Crippen LogP contribution in [0.15, 0.2) is 47.4 Å². The van der Waals surface area contributed by atoms with Crippen molar-refractivity contribution in [2.24, 2.45) is 5.92 Å². The summed E-state index contributed by atoms with van der Waals surface area (Å²) in [4.78, 5) is 41.9. The number of fused-ring (bicyclic) bond motifs is 1. The van der Waals surface area contributed by atoms with Crippen LogP contribution in [0, 0.1) is 5.92 Å². The molecule has 0 aromatic heterocycles. The molecule has 0 unspecified atom stereocenters. The minimum atomic E-state index is -3.60. The van der Waals surface area contributed by atoms with Crippen LogP contribution in [-0.2, 0) is 30.8 Å². The number of amides is 2. The lowest BCUT2D eigenvalue weighted by Gasteiger charge is -2.32. The molecule has 9 nitrogen and oxygen atoms in total. The van der Waals surface area contributed by atoms with Gasteiger partial charge in [-0.15, -0.1) is 0 Å². The average molecular weight is 514 g/mol. The quantitative estimate of drug-likeness (QED) is 0.528. The molecule has 0 saturated carbocycles. The van der Waals surface area contributed by atoms with E-state index in [9.17, 15) is 22.8 Å². The summed E-state index contributed by atoms with van der Waals surface area (Å²) < 4.78 is 31.8. The van der Waals surface area contributed by atoms with Gasteiger partial charge in [-0.2, -0.15) is 4.31 Å². The van der Waals surface area contributed by atoms with E-state index >= 15 is 0 Å². The average Bonchev–Trinajstić information content (AvgIpc) is 3.29. The van der Waals surface area contributed by atoms with E-state index in [-0.39, 0.29) is 29.7 Å². The Morgan fingerprint density at radius 1 is 1.08 bits per heavy atom. The van der Waals surface area contributed by atoms with Gasteiger partial charge >= 0.3 is 5.97 Å². The highest BCUT2D eigenvalue weighted by atomic mass is 32.2. The SMILES string of the molecule is CCN(CC)S(=O)(=O)c1ccc(N2C[C@H](C(=O)N3CCCc4c(C(=O)OC)cccc43)CC2=O)cc1. The molecule has 2 aromatic rings. The molecule has 10 heteroatoms. The van der Waals surface area contributed by atoms with Crippen LogP contribution in [0.2, 0.25) is 0 Å². The first-order chi connectivity index (χ1) is 17.2. The zero-order valence-corrected chi connectivity index (χ0v) is 21.6. The summed E-state index contributed by atoms with van der Waals surface area (Å²) in [5.74, 6) is -1.32. The standard InChI is InChI=1S/C26H31N3O6S/c1-4-27(5-2)36(33,34)20-13-11-19(12-14-20)29-17-18(16-24(29)30)25(31)28-15-7-9-21-22(26(32)35-3)8-6-10-23(21)28/h6,8,10-14,18H,4-5,7,9,15-17H2,1-3H3/t18-/m1/s1. The van der Waals surface area contributed by atoms with Crippen molar-refractivity contribution in [1.82, 2.24) is 4.31 Å². The highest BCUT2D eigenvalue weighted by Crippen LogP contribution is 2.34. The summed E-state index contributed by atoms with van der Waals surface area (Å²) >= 11 is 0. The first-order valence-electron chi connectivity index (χ1n) is 12.1. The van der Waals surface area contributed by atoms with Crippen molar-refractivity contribution in [2.45, 2.75) is 38.0 Å². The lowest BCUT2D eigenvalue weighted by molar-refractivity contribution is -0.124. The van der Waals surface area contributed by atoms with E-state index in [0.29, 0.717) is 49.4 Å². The lowest BCUT2D eigenvalue weighted by Crippen LogP contribution is -2.41. The molecule has 1 saturated heterocycles. The Hall–Kier alpha value is -3.24. The van der Waals surface area contributed by atoms with Gasteiger partial charge in [0.15, 0.2) is 0 Å². The predicted octanol–water partition coefficient (Wildman–Crippen LogP) is 2.84. The third kappa shape index (κ3) is 4.62. The highest BCUT2D eigenvalue weighted by molar-refractivity contribution is 7.89. The van der Waals surface area contributed by atoms with Crippen molar-refractivity contribution in [3.8, 4) is 0 Å². The van der Waals surface area contributed by atoms with Crippen molar-refractivity contribution in [3.05, 3.63) is 53.6 Å². The molecule has 4 rings (SSSR count). The number of nitrogens with zero attached hydrogens (tertiary/aromatic N) is 3. The second kappa shape index (κ2) is 10.4. The molecule has 1 atom stereocenters. The van der Waals surface area contributed by atoms with E-state index in [4.69, 9.17) is 4.74 Å². The maximum Gasteiger partial charge on any atom is 0.338 e. The van der Waals surface area contributed by atoms with Crippen LogP contribution >= 0.6 is 0 Å². The number of hydrogen-bond acceptors (Lipinski definition) is 6. The molecule has 0 N–H and O–H groups in total. The van der Waals surface area contributed by atoms with Crippen molar-refractivity contribution >= 4 is 39.2 Å². The Labute approximate surface area is 211 Å². The number of rotatable bonds is 7. The maximum atomic E-state index is 13.5. The van der Waals surface area contributed by atoms with E-state index in [1.165, 1.54) is 28.4 Å². The molecule has 2 heterocycles. The number of methoxy groups -OCH3 is 1. The Balaban J connectivity index is 1.53. The number of benzene rings is 2. The fraction of sp³-hybridized carbons (Fsp3) is 0.423. The van der Waals surface area contributed by atoms with Crippen LogP contribution < -0.4 is 9.80 Å². The van der Waals surface area contributed by atoms with Crippen LogP contribution in [0.3, 0.4) is 0 Å². The third-order valence-electron chi connectivity index (χ3n) is 6.89. The molecule has 2 aliphatic heterocycles. The van der Waals surface area contributed by atoms with Gasteiger partial charge in [-0.05, 0) is 54.8 Å². The number of hydrogen-bond donors (Lipinski definition) is 0. The molecule has 0 bridgehead atoms. The number of anilines is 2. The molecule has 2 aliphatic rings. The molecule has 192 valence electrons. The van der Waals surface area contributed by atoms with Crippen LogP contribution in [0.1, 0.15) is 42.6 Å². The van der Waals surface area contributed by atoms with Crippen LogP contribution in [-0.4, -0.2) is 63.8 Å². The van der Waals surface area contributed by atoms with Gasteiger partial charge < -0.3 is 14.5 Å². The van der Waals surface area contributed by atoms with Crippen molar-refractivity contribution in [2.75, 3.05) is 43.1 Å². The van der Waals surface area contributed by atoms with Crippen LogP contribution in [0.4, 0.5) is 11.4 Å². The summed E-state index contributed by atoms with van der Waals surface area (Å²) in [5.41, 5.74) is 2.48. The number of ether oxygens (including phenoxy) is 1. The molecule has 2 aromatic carbocycles. The van der Waals surface area contributed by atoms with E-state index in [2.05, 4.69) is 0 Å². The van der Waals surface area contributed by atoms with Crippen LogP contribution in [0.5, 0.6) is 0 Å². The molecule has 1 fully saturated rings. The third-order valence-corrected chi connectivity index (χ3v) is 8.95. The molecule has 0 spiro atoms. The fourth-order valence-electron chi connectivity index (χ4n) is 5.01. The minimum absolute atomic E-state index is 0.0703. The van der Waals surface area contributed by atoms with Gasteiger partial charge in [-0.1, -0.05) is 19.9 Å². The largest absolute Gasteiger partial charge is 0.465 e. The van der Waals surface area contributed by atoms with E-state index in [0.717, 1.165) is 5.56 Å². The monoisotopic (exact) mass is 513 g/mol. The first kappa shape index (κ1) is 25.8. The number of esters is 1. The second-order valence-corrected chi connectivity index (χ2v) is 10.8. The molecular weight excluding hydrogens is 482 g/mol. The Bertz CT molecular complexity index is 1270. The van der Waals surface area contributed by atoms with Gasteiger partial charge in [0.05, 0.1) is 23.5 Å². The Kier molecular flexibility index (Phi) is 7.46. The van der Waals surface area contributed by atoms with Gasteiger partial charge in [0.25, 0.3) is 0 Å². The Morgan fingerprint density at radius 2 is 1.78 bits per heavy atom. The summed E-state index contributed by atoms with van der Waals surface area (Å²) in [6.07, 6.45) is 1.45. The molecular formula is C26H31N3O6S.